The second-order valence-electron chi connectivity index (χ2n) is 4.79. The van der Waals surface area contributed by atoms with Crippen LogP contribution in [0.25, 0.3) is 0 Å². The maximum atomic E-state index is 12.2. The molecule has 0 fully saturated rings. The Morgan fingerprint density at radius 3 is 2.25 bits per heavy atom. The quantitative estimate of drug-likeness (QED) is 0.644. The lowest BCUT2D eigenvalue weighted by Gasteiger charge is -2.20. The number of carbonyl (C=O) groups is 2. The zero-order valence-electron chi connectivity index (χ0n) is 12.5. The van der Waals surface area contributed by atoms with Crippen LogP contribution < -0.4 is 4.90 Å². The molecule has 0 aliphatic heterocycles. The van der Waals surface area contributed by atoms with Crippen LogP contribution in [-0.4, -0.2) is 28.6 Å². The number of rotatable bonds is 6. The average Bonchev–Trinajstić information content (AvgIpc) is 2.58. The summed E-state index contributed by atoms with van der Waals surface area (Å²) in [6.45, 7) is -0.664. The molecule has 0 radical (unpaired) electrons. The van der Waals surface area contributed by atoms with Crippen LogP contribution in [0.5, 0.6) is 0 Å². The number of ether oxygens (including phenoxy) is 1. The number of non-ortho nitro benzene ring substituents is 1. The number of nitro groups is 1. The Kier molecular flexibility index (Phi) is 5.45. The molecule has 2 aromatic carbocycles. The lowest BCUT2D eigenvalue weighted by atomic mass is 10.2. The number of anilines is 1. The summed E-state index contributed by atoms with van der Waals surface area (Å²) in [5.41, 5.74) is 0.882. The van der Waals surface area contributed by atoms with Crippen LogP contribution in [0.4, 0.5) is 16.2 Å². The highest BCUT2D eigenvalue weighted by atomic mass is 16.6. The minimum absolute atomic E-state index is 0.0677. The molecule has 8 nitrogen and oxygen atoms in total. The molecule has 0 saturated heterocycles. The summed E-state index contributed by atoms with van der Waals surface area (Å²) in [6, 6.07) is 13.8. The summed E-state index contributed by atoms with van der Waals surface area (Å²) in [7, 11) is 0. The Hall–Kier alpha value is -3.42. The van der Waals surface area contributed by atoms with Crippen molar-refractivity contribution in [1.29, 1.82) is 0 Å². The van der Waals surface area contributed by atoms with Gasteiger partial charge < -0.3 is 9.84 Å². The van der Waals surface area contributed by atoms with E-state index in [0.29, 0.717) is 11.3 Å². The van der Waals surface area contributed by atoms with E-state index >= 15 is 0 Å². The molecule has 1 amide bonds. The highest BCUT2D eigenvalue weighted by Gasteiger charge is 2.20. The fourth-order valence-electron chi connectivity index (χ4n) is 1.94. The highest BCUT2D eigenvalue weighted by molar-refractivity contribution is 5.92. The normalized spacial score (nSPS) is 10.0. The van der Waals surface area contributed by atoms with Crippen LogP contribution in [0.15, 0.2) is 54.6 Å². The minimum Gasteiger partial charge on any atom is -0.480 e. The van der Waals surface area contributed by atoms with Gasteiger partial charge in [-0.05, 0) is 29.8 Å². The summed E-state index contributed by atoms with van der Waals surface area (Å²) in [6.07, 6.45) is -0.818. The topological polar surface area (TPSA) is 110 Å². The Labute approximate surface area is 137 Å². The Bertz CT molecular complexity index is 730. The molecule has 0 heterocycles. The maximum absolute atomic E-state index is 12.2. The molecular weight excluding hydrogens is 316 g/mol. The van der Waals surface area contributed by atoms with Crippen molar-refractivity contribution in [3.05, 3.63) is 70.3 Å². The lowest BCUT2D eigenvalue weighted by Crippen LogP contribution is -2.36. The molecule has 0 aromatic heterocycles. The van der Waals surface area contributed by atoms with E-state index in [1.165, 1.54) is 24.3 Å². The van der Waals surface area contributed by atoms with Gasteiger partial charge in [-0.25, -0.2) is 4.79 Å². The maximum Gasteiger partial charge on any atom is 0.415 e. The van der Waals surface area contributed by atoms with Crippen LogP contribution >= 0.6 is 0 Å². The first-order chi connectivity index (χ1) is 11.5. The van der Waals surface area contributed by atoms with Gasteiger partial charge in [-0.15, -0.1) is 0 Å². The van der Waals surface area contributed by atoms with Crippen molar-refractivity contribution >= 4 is 23.4 Å². The second-order valence-corrected chi connectivity index (χ2v) is 4.79. The van der Waals surface area contributed by atoms with Crippen molar-refractivity contribution < 1.29 is 24.4 Å². The van der Waals surface area contributed by atoms with Gasteiger partial charge in [0.2, 0.25) is 0 Å². The first-order valence-electron chi connectivity index (χ1n) is 6.92. The molecular formula is C16H14N2O6. The van der Waals surface area contributed by atoms with Crippen molar-refractivity contribution in [2.75, 3.05) is 11.4 Å². The molecule has 2 aromatic rings. The first-order valence-corrected chi connectivity index (χ1v) is 6.92. The van der Waals surface area contributed by atoms with Crippen molar-refractivity contribution in [3.63, 3.8) is 0 Å². The van der Waals surface area contributed by atoms with Gasteiger partial charge in [-0.1, -0.05) is 18.2 Å². The highest BCUT2D eigenvalue weighted by Crippen LogP contribution is 2.16. The number of carbonyl (C=O) groups excluding carboxylic acids is 1. The van der Waals surface area contributed by atoms with Gasteiger partial charge in [0, 0.05) is 17.8 Å². The van der Waals surface area contributed by atoms with E-state index < -0.39 is 23.5 Å². The third-order valence-corrected chi connectivity index (χ3v) is 3.09. The predicted molar refractivity (Wildman–Crippen MR) is 84.7 cm³/mol. The number of carboxylic acids is 1. The fraction of sp³-hybridized carbons (Fsp3) is 0.125. The standard InChI is InChI=1S/C16H14N2O6/c19-15(20)10-17(13-4-2-1-3-5-13)16(21)24-11-12-6-8-14(9-7-12)18(22)23/h1-9H,10-11H2,(H,19,20). The largest absolute Gasteiger partial charge is 0.480 e. The van der Waals surface area contributed by atoms with E-state index in [-0.39, 0.29) is 12.3 Å². The van der Waals surface area contributed by atoms with Gasteiger partial charge in [-0.3, -0.25) is 19.8 Å². The van der Waals surface area contributed by atoms with Crippen LogP contribution in [0.2, 0.25) is 0 Å². The number of nitro benzene ring substituents is 1. The number of aliphatic carboxylic acids is 1. The van der Waals surface area contributed by atoms with Gasteiger partial charge in [0.15, 0.2) is 0 Å². The fourth-order valence-corrected chi connectivity index (χ4v) is 1.94. The molecule has 0 unspecified atom stereocenters. The van der Waals surface area contributed by atoms with E-state index in [1.54, 1.807) is 30.3 Å². The minimum atomic E-state index is -1.17. The van der Waals surface area contributed by atoms with Crippen molar-refractivity contribution in [2.45, 2.75) is 6.61 Å². The SMILES string of the molecule is O=C(O)CN(C(=O)OCc1ccc([N+](=O)[O-])cc1)c1ccccc1. The summed E-state index contributed by atoms with van der Waals surface area (Å²) in [4.78, 5) is 34.2. The van der Waals surface area contributed by atoms with E-state index in [9.17, 15) is 19.7 Å². The number of para-hydroxylation sites is 1. The van der Waals surface area contributed by atoms with E-state index in [0.717, 1.165) is 4.90 Å². The zero-order valence-corrected chi connectivity index (χ0v) is 12.5. The lowest BCUT2D eigenvalue weighted by molar-refractivity contribution is -0.384. The number of hydrogen-bond acceptors (Lipinski definition) is 5. The number of amides is 1. The molecule has 2 rings (SSSR count). The molecule has 1 N–H and O–H groups in total. The van der Waals surface area contributed by atoms with E-state index in [2.05, 4.69) is 0 Å². The average molecular weight is 330 g/mol. The molecule has 0 aliphatic rings. The Morgan fingerprint density at radius 1 is 1.08 bits per heavy atom. The molecule has 0 atom stereocenters. The smallest absolute Gasteiger partial charge is 0.415 e. The molecule has 0 saturated carbocycles. The van der Waals surface area contributed by atoms with Crippen molar-refractivity contribution in [1.82, 2.24) is 0 Å². The van der Waals surface area contributed by atoms with Gasteiger partial charge in [0.05, 0.1) is 4.92 Å². The third-order valence-electron chi connectivity index (χ3n) is 3.09. The summed E-state index contributed by atoms with van der Waals surface area (Å²) in [5, 5.41) is 19.5. The van der Waals surface area contributed by atoms with E-state index in [4.69, 9.17) is 9.84 Å². The molecule has 24 heavy (non-hydrogen) atoms. The Balaban J connectivity index is 2.05. The number of carboxylic acid groups (broad SMARTS) is 1. The van der Waals surface area contributed by atoms with Gasteiger partial charge >= 0.3 is 12.1 Å². The van der Waals surface area contributed by atoms with Gasteiger partial charge in [-0.2, -0.15) is 0 Å². The van der Waals surface area contributed by atoms with Crippen LogP contribution in [0.3, 0.4) is 0 Å². The molecule has 124 valence electrons. The first kappa shape index (κ1) is 16.9. The van der Waals surface area contributed by atoms with E-state index in [1.807, 2.05) is 0 Å². The second kappa shape index (κ2) is 7.73. The van der Waals surface area contributed by atoms with Crippen LogP contribution in [-0.2, 0) is 16.1 Å². The number of benzene rings is 2. The zero-order chi connectivity index (χ0) is 17.5. The number of nitrogens with zero attached hydrogens (tertiary/aromatic N) is 2. The Morgan fingerprint density at radius 2 is 1.71 bits per heavy atom. The third kappa shape index (κ3) is 4.54. The van der Waals surface area contributed by atoms with Crippen molar-refractivity contribution in [2.24, 2.45) is 0 Å². The van der Waals surface area contributed by atoms with Crippen LogP contribution in [0, 0.1) is 10.1 Å². The van der Waals surface area contributed by atoms with Gasteiger partial charge in [0.25, 0.3) is 5.69 Å². The molecule has 0 spiro atoms. The number of hydrogen-bond donors (Lipinski definition) is 1. The molecule has 0 bridgehead atoms. The summed E-state index contributed by atoms with van der Waals surface area (Å²) in [5.74, 6) is -1.17. The van der Waals surface area contributed by atoms with Crippen molar-refractivity contribution in [3.8, 4) is 0 Å². The molecule has 8 heteroatoms. The van der Waals surface area contributed by atoms with Crippen LogP contribution in [0.1, 0.15) is 5.56 Å². The predicted octanol–water partition coefficient (Wildman–Crippen LogP) is 2.82. The molecule has 0 aliphatic carbocycles. The van der Waals surface area contributed by atoms with Gasteiger partial charge in [0.1, 0.15) is 13.2 Å². The summed E-state index contributed by atoms with van der Waals surface area (Å²) >= 11 is 0. The summed E-state index contributed by atoms with van der Waals surface area (Å²) < 4.78 is 5.10. The monoisotopic (exact) mass is 330 g/mol.